The van der Waals surface area contributed by atoms with E-state index in [0.717, 1.165) is 18.7 Å². The van der Waals surface area contributed by atoms with E-state index in [2.05, 4.69) is 37.2 Å². The number of primary amides is 3. The number of nitrogens with two attached hydrogens (primary N) is 4. The number of hydrogen-bond donors (Lipinski definition) is 15. The lowest BCUT2D eigenvalue weighted by Gasteiger charge is -2.31. The van der Waals surface area contributed by atoms with Crippen molar-refractivity contribution in [3.05, 3.63) is 65.7 Å². The quantitative estimate of drug-likeness (QED) is 0.0346. The van der Waals surface area contributed by atoms with E-state index in [0.29, 0.717) is 11.1 Å². The maximum atomic E-state index is 14.5. The molecule has 0 aromatic heterocycles. The number of amides is 11. The van der Waals surface area contributed by atoms with Crippen molar-refractivity contribution < 1.29 is 78.0 Å². The molecule has 1 aliphatic heterocycles. The Morgan fingerprint density at radius 3 is 1.73 bits per heavy atom. The molecule has 0 saturated carbocycles. The highest BCUT2D eigenvalue weighted by Crippen LogP contribution is 2.21. The molecule has 0 aliphatic carbocycles. The van der Waals surface area contributed by atoms with Crippen LogP contribution in [0.4, 0.5) is 0 Å². The molecule has 0 spiro atoms. The number of phenolic OH excluding ortho intramolecular Hbond substituents is 1. The fourth-order valence-corrected chi connectivity index (χ4v) is 7.67. The number of carboxylic acid groups (broad SMARTS) is 1. The molecule has 1 fully saturated rings. The van der Waals surface area contributed by atoms with Crippen molar-refractivity contribution in [3.8, 4) is 5.75 Å². The second-order valence-electron chi connectivity index (χ2n) is 17.9. The number of aliphatic hydroxyl groups excluding tert-OH is 2. The molecule has 10 atom stereocenters. The Labute approximate surface area is 429 Å². The fourth-order valence-electron chi connectivity index (χ4n) is 7.67. The molecule has 11 amide bonds. The van der Waals surface area contributed by atoms with Crippen LogP contribution < -0.4 is 60.2 Å². The summed E-state index contributed by atoms with van der Waals surface area (Å²) in [5, 5.41) is 56.5. The Morgan fingerprint density at radius 2 is 1.16 bits per heavy atom. The molecular weight excluding hydrogens is 989 g/mol. The largest absolute Gasteiger partial charge is 0.508 e. The summed E-state index contributed by atoms with van der Waals surface area (Å²) in [6, 6.07) is 1.43. The zero-order chi connectivity index (χ0) is 56.1. The summed E-state index contributed by atoms with van der Waals surface area (Å²) >= 11 is 0. The molecule has 0 unspecified atom stereocenters. The number of carbonyl (C=O) groups excluding carboxylic acids is 11. The van der Waals surface area contributed by atoms with E-state index in [-0.39, 0.29) is 57.2 Å². The molecule has 28 nitrogen and oxygen atoms in total. The van der Waals surface area contributed by atoms with E-state index in [4.69, 9.17) is 22.9 Å². The number of nitrogens with one attached hydrogen (secondary N) is 7. The SMILES string of the molecule is C[C@@H](O)[C@H](NC(=O)[C@H](Cc1ccc(O)cc1)NC(=O)[C@@H]1CCCN1C(=O)[C@H](Cc1ccccc1)NC(=O)[C@@H](NC(=O)[C@H](CC(N)=O)NC(=O)CNC(=O)[C@H](CCC(N)=O)NC(=O)[C@@H](N)CCC(N)=O)[C@@H](C)O)C(=O)O. The summed E-state index contributed by atoms with van der Waals surface area (Å²) in [7, 11) is 0. The first-order valence-electron chi connectivity index (χ1n) is 23.7. The topological polar surface area (TPSA) is 477 Å². The highest BCUT2D eigenvalue weighted by atomic mass is 16.4. The van der Waals surface area contributed by atoms with Crippen molar-refractivity contribution in [1.29, 1.82) is 0 Å². The van der Waals surface area contributed by atoms with Gasteiger partial charge in [0.2, 0.25) is 65.0 Å². The third kappa shape index (κ3) is 20.3. The van der Waals surface area contributed by atoms with Crippen molar-refractivity contribution >= 4 is 70.9 Å². The van der Waals surface area contributed by atoms with Gasteiger partial charge >= 0.3 is 5.97 Å². The van der Waals surface area contributed by atoms with E-state index >= 15 is 0 Å². The Morgan fingerprint density at radius 1 is 0.613 bits per heavy atom. The van der Waals surface area contributed by atoms with E-state index in [1.165, 1.54) is 24.3 Å². The van der Waals surface area contributed by atoms with Crippen LogP contribution in [0, 0.1) is 0 Å². The first-order valence-corrected chi connectivity index (χ1v) is 23.7. The molecular formula is C47H66N12O16. The lowest BCUT2D eigenvalue weighted by atomic mass is 10.0. The van der Waals surface area contributed by atoms with E-state index < -0.39 is 151 Å². The van der Waals surface area contributed by atoms with Crippen LogP contribution in [-0.2, 0) is 70.4 Å². The number of hydrogen-bond acceptors (Lipinski definition) is 16. The zero-order valence-electron chi connectivity index (χ0n) is 41.2. The Bertz CT molecular complexity index is 2390. The summed E-state index contributed by atoms with van der Waals surface area (Å²) in [5.74, 6) is -12.4. The third-order valence-corrected chi connectivity index (χ3v) is 11.7. The summed E-state index contributed by atoms with van der Waals surface area (Å²) in [4.78, 5) is 156. The Balaban J connectivity index is 1.82. The predicted octanol–water partition coefficient (Wildman–Crippen LogP) is -6.23. The Kier molecular flexibility index (Phi) is 24.0. The summed E-state index contributed by atoms with van der Waals surface area (Å²) < 4.78 is 0. The van der Waals surface area contributed by atoms with Crippen molar-refractivity contribution in [1.82, 2.24) is 42.1 Å². The number of nitrogens with zero attached hydrogens (tertiary/aromatic N) is 1. The molecule has 3 rings (SSSR count). The van der Waals surface area contributed by atoms with Crippen molar-refractivity contribution in [2.75, 3.05) is 13.1 Å². The van der Waals surface area contributed by atoms with Crippen molar-refractivity contribution in [3.63, 3.8) is 0 Å². The molecule has 0 radical (unpaired) electrons. The second-order valence-corrected chi connectivity index (χ2v) is 17.9. The molecule has 75 heavy (non-hydrogen) atoms. The van der Waals surface area contributed by atoms with Gasteiger partial charge in [-0.15, -0.1) is 0 Å². The van der Waals surface area contributed by atoms with Crippen LogP contribution in [0.5, 0.6) is 5.75 Å². The normalized spacial score (nSPS) is 16.6. The van der Waals surface area contributed by atoms with Gasteiger partial charge in [0.15, 0.2) is 6.04 Å². The highest BCUT2D eigenvalue weighted by molar-refractivity contribution is 5.99. The number of carbonyl (C=O) groups is 12. The monoisotopic (exact) mass is 1050 g/mol. The van der Waals surface area contributed by atoms with Gasteiger partial charge < -0.3 is 85.5 Å². The van der Waals surface area contributed by atoms with Gasteiger partial charge in [-0.3, -0.25) is 52.7 Å². The van der Waals surface area contributed by atoms with Gasteiger partial charge in [0.25, 0.3) is 0 Å². The number of phenols is 1. The van der Waals surface area contributed by atoms with Crippen molar-refractivity contribution in [2.45, 2.75) is 132 Å². The van der Waals surface area contributed by atoms with Crippen LogP contribution in [0.15, 0.2) is 54.6 Å². The van der Waals surface area contributed by atoms with Crippen molar-refractivity contribution in [2.24, 2.45) is 22.9 Å². The van der Waals surface area contributed by atoms with Crippen LogP contribution >= 0.6 is 0 Å². The van der Waals surface area contributed by atoms with Crippen LogP contribution in [0.2, 0.25) is 0 Å². The van der Waals surface area contributed by atoms with Gasteiger partial charge in [-0.1, -0.05) is 42.5 Å². The second kappa shape index (κ2) is 29.5. The minimum Gasteiger partial charge on any atom is -0.508 e. The minimum absolute atomic E-state index is 0.0171. The van der Waals surface area contributed by atoms with Gasteiger partial charge in [-0.2, -0.15) is 0 Å². The van der Waals surface area contributed by atoms with Gasteiger partial charge in [0.05, 0.1) is 31.2 Å². The number of benzene rings is 2. The number of rotatable bonds is 30. The molecule has 0 bridgehead atoms. The average molecular weight is 1060 g/mol. The molecule has 1 aliphatic rings. The lowest BCUT2D eigenvalue weighted by Crippen LogP contribution is -2.62. The highest BCUT2D eigenvalue weighted by Gasteiger charge is 2.41. The smallest absolute Gasteiger partial charge is 0.328 e. The molecule has 28 heteroatoms. The van der Waals surface area contributed by atoms with Gasteiger partial charge in [-0.25, -0.2) is 4.79 Å². The van der Waals surface area contributed by atoms with Crippen LogP contribution in [0.3, 0.4) is 0 Å². The van der Waals surface area contributed by atoms with E-state index in [9.17, 15) is 78.0 Å². The lowest BCUT2D eigenvalue weighted by molar-refractivity contribution is -0.145. The van der Waals surface area contributed by atoms with Gasteiger partial charge in [0.1, 0.15) is 42.0 Å². The molecule has 2 aromatic carbocycles. The summed E-state index contributed by atoms with van der Waals surface area (Å²) in [6.45, 7) is 1.34. The predicted molar refractivity (Wildman–Crippen MR) is 261 cm³/mol. The fraction of sp³-hybridized carbons (Fsp3) is 0.489. The van der Waals surface area contributed by atoms with Gasteiger partial charge in [0, 0.05) is 32.2 Å². The van der Waals surface area contributed by atoms with Crippen LogP contribution in [0.1, 0.15) is 69.9 Å². The number of carboxylic acids is 1. The van der Waals surface area contributed by atoms with E-state index in [1.807, 2.05) is 0 Å². The number of aromatic hydroxyl groups is 1. The molecule has 19 N–H and O–H groups in total. The zero-order valence-corrected chi connectivity index (χ0v) is 41.2. The molecule has 1 heterocycles. The molecule has 1 saturated heterocycles. The maximum absolute atomic E-state index is 14.5. The first-order chi connectivity index (χ1) is 35.3. The molecule has 2 aromatic rings. The van der Waals surface area contributed by atoms with Gasteiger partial charge in [-0.05, 0) is 62.8 Å². The Hall–Kier alpha value is -8.24. The number of aliphatic hydroxyl groups is 2. The molecule has 410 valence electrons. The number of aliphatic carboxylic acids is 1. The number of likely N-dealkylation sites (tertiary alicyclic amines) is 1. The van der Waals surface area contributed by atoms with E-state index in [1.54, 1.807) is 30.3 Å². The van der Waals surface area contributed by atoms with Crippen LogP contribution in [0.25, 0.3) is 0 Å². The summed E-state index contributed by atoms with van der Waals surface area (Å²) in [5.41, 5.74) is 22.4. The minimum atomic E-state index is -1.88. The average Bonchev–Trinajstić information content (AvgIpc) is 3.84. The van der Waals surface area contributed by atoms with Crippen LogP contribution in [-0.4, -0.2) is 170 Å². The summed E-state index contributed by atoms with van der Waals surface area (Å²) in [6.07, 6.45) is -5.35. The standard InChI is InChI=1S/C47H66N12O16/c1-23(60)38(57-43(70)31(21-36(51)65)53-37(66)22-52-41(68)29(15-17-35(50)64)54-40(67)28(48)14-16-34(49)63)45(72)56-32(20-25-7-4-3-5-8-25)46(73)59-18-6-9-33(59)44(71)55-30(19-26-10-12-27(62)13-11-26)42(69)58-39(24(2)61)47(74)75/h3-5,7-8,10-13,23-24,28-33,38-39,60-62H,6,9,14-22,48H2,1-2H3,(H2,49,63)(H2,50,64)(H2,51,65)(H,52,68)(H,53,66)(H,54,67)(H,55,71)(H,56,72)(H,57,70)(H,58,69)(H,74,75)/t23-,24-,28+,29+,30+,31+,32+,33+,38+,39+/m1/s1. The first kappa shape index (κ1) is 61.1. The maximum Gasteiger partial charge on any atom is 0.328 e. The third-order valence-electron chi connectivity index (χ3n) is 11.7.